The summed E-state index contributed by atoms with van der Waals surface area (Å²) in [6, 6.07) is 4.77. The number of nitrogens with one attached hydrogen (secondary N) is 1. The highest BCUT2D eigenvalue weighted by molar-refractivity contribution is 5.92. The van der Waals surface area contributed by atoms with Crippen LogP contribution in [0.25, 0.3) is 0 Å². The number of hydrogen-bond donors (Lipinski definition) is 1. The largest absolute Gasteiger partial charge is 0.337 e. The number of pyridine rings is 1. The van der Waals surface area contributed by atoms with Gasteiger partial charge >= 0.3 is 0 Å². The minimum absolute atomic E-state index is 0.0268. The Morgan fingerprint density at radius 2 is 1.90 bits per heavy atom. The summed E-state index contributed by atoms with van der Waals surface area (Å²) in [5.74, 6) is 1.44. The van der Waals surface area contributed by atoms with Gasteiger partial charge in [0.05, 0.1) is 0 Å². The molecule has 3 rings (SSSR count). The van der Waals surface area contributed by atoms with Gasteiger partial charge in [0.25, 0.3) is 5.91 Å². The number of aromatic amines is 1. The summed E-state index contributed by atoms with van der Waals surface area (Å²) < 4.78 is 0. The Kier molecular flexibility index (Phi) is 3.90. The van der Waals surface area contributed by atoms with Gasteiger partial charge < -0.3 is 9.88 Å². The number of likely N-dealkylation sites (tertiary alicyclic amines) is 1. The maximum Gasteiger partial charge on any atom is 0.270 e. The Morgan fingerprint density at radius 3 is 2.65 bits per heavy atom. The fraction of sp³-hybridized carbons (Fsp3) is 0.625. The molecule has 2 fully saturated rings. The van der Waals surface area contributed by atoms with Crippen molar-refractivity contribution in [2.45, 2.75) is 38.5 Å². The normalized spacial score (nSPS) is 24.0. The molecule has 1 aromatic heterocycles. The molecule has 1 aromatic rings. The molecule has 0 bridgehead atoms. The van der Waals surface area contributed by atoms with Gasteiger partial charge in [-0.05, 0) is 24.3 Å². The highest BCUT2D eigenvalue weighted by Gasteiger charge is 2.32. The van der Waals surface area contributed by atoms with Crippen LogP contribution >= 0.6 is 0 Å². The summed E-state index contributed by atoms with van der Waals surface area (Å²) in [4.78, 5) is 28.2. The van der Waals surface area contributed by atoms with Crippen molar-refractivity contribution in [3.05, 3.63) is 34.2 Å². The van der Waals surface area contributed by atoms with E-state index in [0.717, 1.165) is 25.4 Å². The van der Waals surface area contributed by atoms with Gasteiger partial charge in [0, 0.05) is 19.2 Å². The second-order valence-electron chi connectivity index (χ2n) is 6.13. The first-order chi connectivity index (χ1) is 9.74. The zero-order chi connectivity index (χ0) is 13.9. The van der Waals surface area contributed by atoms with E-state index in [2.05, 4.69) is 4.98 Å². The molecule has 1 amide bonds. The molecule has 20 heavy (non-hydrogen) atoms. The summed E-state index contributed by atoms with van der Waals surface area (Å²) in [6.45, 7) is 1.69. The number of H-pyrrole nitrogens is 1. The van der Waals surface area contributed by atoms with Crippen LogP contribution in [0.2, 0.25) is 0 Å². The third-order valence-corrected chi connectivity index (χ3v) is 4.83. The lowest BCUT2D eigenvalue weighted by molar-refractivity contribution is 0.0773. The Morgan fingerprint density at radius 1 is 1.10 bits per heavy atom. The van der Waals surface area contributed by atoms with Gasteiger partial charge in [-0.25, -0.2) is 0 Å². The molecule has 1 unspecified atom stereocenters. The van der Waals surface area contributed by atoms with Gasteiger partial charge in [0.2, 0.25) is 5.56 Å². The first-order valence-corrected chi connectivity index (χ1v) is 7.72. The zero-order valence-electron chi connectivity index (χ0n) is 11.8. The molecule has 2 aliphatic rings. The van der Waals surface area contributed by atoms with Crippen molar-refractivity contribution in [3.8, 4) is 0 Å². The van der Waals surface area contributed by atoms with Gasteiger partial charge in [-0.15, -0.1) is 0 Å². The minimum atomic E-state index is -0.209. The Balaban J connectivity index is 1.64. The molecule has 4 heteroatoms. The van der Waals surface area contributed by atoms with Crippen molar-refractivity contribution in [2.75, 3.05) is 13.1 Å². The van der Waals surface area contributed by atoms with Crippen molar-refractivity contribution in [1.29, 1.82) is 0 Å². The van der Waals surface area contributed by atoms with Gasteiger partial charge in [0.1, 0.15) is 5.69 Å². The summed E-state index contributed by atoms with van der Waals surface area (Å²) in [7, 11) is 0. The summed E-state index contributed by atoms with van der Waals surface area (Å²) >= 11 is 0. The number of rotatable bonds is 2. The van der Waals surface area contributed by atoms with E-state index in [4.69, 9.17) is 0 Å². The van der Waals surface area contributed by atoms with Crippen LogP contribution in [0.4, 0.5) is 0 Å². The van der Waals surface area contributed by atoms with E-state index in [1.807, 2.05) is 4.90 Å². The molecule has 1 atom stereocenters. The topological polar surface area (TPSA) is 53.2 Å². The number of amides is 1. The molecule has 108 valence electrons. The molecule has 1 aliphatic carbocycles. The van der Waals surface area contributed by atoms with Crippen LogP contribution in [-0.4, -0.2) is 28.9 Å². The van der Waals surface area contributed by atoms with E-state index in [9.17, 15) is 9.59 Å². The third-order valence-electron chi connectivity index (χ3n) is 4.83. The second kappa shape index (κ2) is 5.81. The molecular weight excluding hydrogens is 252 g/mol. The van der Waals surface area contributed by atoms with Crippen LogP contribution in [0.15, 0.2) is 23.0 Å². The molecule has 4 nitrogen and oxygen atoms in total. The van der Waals surface area contributed by atoms with Crippen LogP contribution < -0.4 is 5.56 Å². The average molecular weight is 274 g/mol. The first-order valence-electron chi connectivity index (χ1n) is 7.72. The van der Waals surface area contributed by atoms with Crippen molar-refractivity contribution in [3.63, 3.8) is 0 Å². The van der Waals surface area contributed by atoms with Crippen LogP contribution in [0.1, 0.15) is 49.0 Å². The molecule has 1 aliphatic heterocycles. The highest BCUT2D eigenvalue weighted by atomic mass is 16.2. The standard InChI is InChI=1S/C16H22N2O2/c19-15-8-4-7-14(17-15)16(20)18-10-9-13(11-18)12-5-2-1-3-6-12/h4,7-8,12-13H,1-3,5-6,9-11H2,(H,17,19). The smallest absolute Gasteiger partial charge is 0.270 e. The van der Waals surface area contributed by atoms with Crippen molar-refractivity contribution < 1.29 is 4.79 Å². The third kappa shape index (κ3) is 2.79. The van der Waals surface area contributed by atoms with Gasteiger partial charge in [-0.2, -0.15) is 0 Å². The Hall–Kier alpha value is -1.58. The number of aromatic nitrogens is 1. The predicted molar refractivity (Wildman–Crippen MR) is 77.6 cm³/mol. The van der Waals surface area contributed by atoms with Crippen LogP contribution in [0.5, 0.6) is 0 Å². The number of carbonyl (C=O) groups excluding carboxylic acids is 1. The van der Waals surface area contributed by atoms with E-state index in [1.54, 1.807) is 12.1 Å². The molecule has 1 saturated heterocycles. The monoisotopic (exact) mass is 274 g/mol. The van der Waals surface area contributed by atoms with Gasteiger partial charge in [-0.1, -0.05) is 38.2 Å². The van der Waals surface area contributed by atoms with Crippen molar-refractivity contribution in [1.82, 2.24) is 9.88 Å². The molecule has 0 radical (unpaired) electrons. The van der Waals surface area contributed by atoms with Crippen molar-refractivity contribution >= 4 is 5.91 Å². The average Bonchev–Trinajstić information content (AvgIpc) is 2.97. The molecular formula is C16H22N2O2. The lowest BCUT2D eigenvalue weighted by atomic mass is 9.80. The molecule has 0 spiro atoms. The van der Waals surface area contributed by atoms with Crippen LogP contribution in [0.3, 0.4) is 0 Å². The number of carbonyl (C=O) groups is 1. The summed E-state index contributed by atoms with van der Waals surface area (Å²) in [5, 5.41) is 0. The lowest BCUT2D eigenvalue weighted by Crippen LogP contribution is -2.31. The predicted octanol–water partition coefficient (Wildman–Crippen LogP) is 2.42. The molecule has 1 N–H and O–H groups in total. The van der Waals surface area contributed by atoms with Gasteiger partial charge in [0.15, 0.2) is 0 Å². The molecule has 2 heterocycles. The fourth-order valence-corrected chi connectivity index (χ4v) is 3.71. The van der Waals surface area contributed by atoms with E-state index in [-0.39, 0.29) is 11.5 Å². The maximum absolute atomic E-state index is 12.4. The quantitative estimate of drug-likeness (QED) is 0.900. The fourth-order valence-electron chi connectivity index (χ4n) is 3.71. The highest BCUT2D eigenvalue weighted by Crippen LogP contribution is 2.35. The van der Waals surface area contributed by atoms with Crippen LogP contribution in [0, 0.1) is 11.8 Å². The SMILES string of the molecule is O=C(c1cccc(=O)[nH]1)N1CCC(C2CCCCC2)C1. The summed E-state index contributed by atoms with van der Waals surface area (Å²) in [5.41, 5.74) is 0.209. The number of nitrogens with zero attached hydrogens (tertiary/aromatic N) is 1. The van der Waals surface area contributed by atoms with Gasteiger partial charge in [-0.3, -0.25) is 9.59 Å². The second-order valence-corrected chi connectivity index (χ2v) is 6.13. The Labute approximate surface area is 119 Å². The van der Waals surface area contributed by atoms with E-state index >= 15 is 0 Å². The number of hydrogen-bond acceptors (Lipinski definition) is 2. The minimum Gasteiger partial charge on any atom is -0.337 e. The Bertz CT molecular complexity index is 531. The molecule has 0 aromatic carbocycles. The van der Waals surface area contributed by atoms with Crippen molar-refractivity contribution in [2.24, 2.45) is 11.8 Å². The first kappa shape index (κ1) is 13.4. The molecule has 1 saturated carbocycles. The van der Waals surface area contributed by atoms with E-state index in [1.165, 1.54) is 38.2 Å². The summed E-state index contributed by atoms with van der Waals surface area (Å²) in [6.07, 6.45) is 7.84. The van der Waals surface area contributed by atoms with E-state index in [0.29, 0.717) is 11.6 Å². The van der Waals surface area contributed by atoms with E-state index < -0.39 is 0 Å². The lowest BCUT2D eigenvalue weighted by Gasteiger charge is -2.27. The zero-order valence-corrected chi connectivity index (χ0v) is 11.8. The van der Waals surface area contributed by atoms with Crippen LogP contribution in [-0.2, 0) is 0 Å². The maximum atomic E-state index is 12.4.